The van der Waals surface area contributed by atoms with E-state index in [2.05, 4.69) is 5.32 Å². The lowest BCUT2D eigenvalue weighted by atomic mass is 9.79. The Kier molecular flexibility index (Phi) is 11.0. The number of benzene rings is 1. The highest BCUT2D eigenvalue weighted by molar-refractivity contribution is 8.03. The van der Waals surface area contributed by atoms with Crippen LogP contribution in [0.3, 0.4) is 0 Å². The predicted octanol–water partition coefficient (Wildman–Crippen LogP) is 1.55. The predicted molar refractivity (Wildman–Crippen MR) is 163 cm³/mol. The number of carboxylic acids is 2. The van der Waals surface area contributed by atoms with Gasteiger partial charge in [-0.3, -0.25) is 19.8 Å². The first-order valence-corrected chi connectivity index (χ1v) is 15.2. The van der Waals surface area contributed by atoms with Gasteiger partial charge in [0.15, 0.2) is 0 Å². The van der Waals surface area contributed by atoms with Crippen molar-refractivity contribution < 1.29 is 49.3 Å². The number of nitro groups is 1. The number of β-lactam (4-membered cyclic amide) rings is 1. The van der Waals surface area contributed by atoms with Crippen molar-refractivity contribution in [3.05, 3.63) is 86.7 Å². The summed E-state index contributed by atoms with van der Waals surface area (Å²) in [5.41, 5.74) is 1.75. The van der Waals surface area contributed by atoms with Crippen LogP contribution in [0.4, 0.5) is 5.69 Å². The lowest BCUT2D eigenvalue weighted by Gasteiger charge is -2.46. The molecular weight excluding hydrogens is 624 g/mol. The van der Waals surface area contributed by atoms with Crippen LogP contribution in [-0.4, -0.2) is 95.7 Å². The highest BCUT2D eigenvalue weighted by Gasteiger charge is 2.60. The van der Waals surface area contributed by atoms with Gasteiger partial charge in [0.25, 0.3) is 5.69 Å². The second-order valence-electron chi connectivity index (χ2n) is 11.0. The Balaban J connectivity index is 0.000000731. The number of nitro benzene ring substituents is 1. The maximum absolute atomic E-state index is 13.5. The topological polar surface area (TPSA) is 220 Å². The SMILES string of the molecule is CC(O)C1C(=O)N2C(C(=O)OCc3ccc([N+](=O)[O-])cc3)=C(SC3CC(C4=CNC=CC=C4)N(CO)C3)C(C)[C@@H]12.O=C(O)C(=O)O. The molecule has 4 aliphatic heterocycles. The number of aliphatic hydroxyl groups excluding tert-OH is 2. The van der Waals surface area contributed by atoms with Crippen LogP contribution in [0.25, 0.3) is 0 Å². The molecule has 46 heavy (non-hydrogen) atoms. The van der Waals surface area contributed by atoms with E-state index >= 15 is 0 Å². The summed E-state index contributed by atoms with van der Waals surface area (Å²) in [6.45, 7) is 3.91. The average molecular weight is 659 g/mol. The van der Waals surface area contributed by atoms with E-state index in [0.717, 1.165) is 16.9 Å². The number of esters is 1. The summed E-state index contributed by atoms with van der Waals surface area (Å²) in [5, 5.41) is 49.2. The van der Waals surface area contributed by atoms with Gasteiger partial charge in [0.05, 0.1) is 29.7 Å². The molecule has 2 saturated heterocycles. The molecule has 1 amide bonds. The number of aliphatic hydroxyl groups is 2. The Morgan fingerprint density at radius 3 is 2.43 bits per heavy atom. The van der Waals surface area contributed by atoms with Gasteiger partial charge in [-0.25, -0.2) is 14.4 Å². The minimum absolute atomic E-state index is 0.0233. The molecule has 0 aromatic heterocycles. The quantitative estimate of drug-likeness (QED) is 0.0836. The molecule has 0 radical (unpaired) electrons. The van der Waals surface area contributed by atoms with Crippen molar-refractivity contribution >= 4 is 41.3 Å². The summed E-state index contributed by atoms with van der Waals surface area (Å²) in [7, 11) is 0. The zero-order chi connectivity index (χ0) is 33.7. The molecule has 5 N–H and O–H groups in total. The number of fused-ring (bicyclic) bond motifs is 1. The third kappa shape index (κ3) is 7.31. The van der Waals surface area contributed by atoms with Crippen LogP contribution < -0.4 is 5.32 Å². The fourth-order valence-corrected chi connectivity index (χ4v) is 7.46. The summed E-state index contributed by atoms with van der Waals surface area (Å²) in [6.07, 6.45) is 9.46. The number of thioether (sulfide) groups is 1. The fourth-order valence-electron chi connectivity index (χ4n) is 5.91. The van der Waals surface area contributed by atoms with Gasteiger partial charge in [-0.05, 0) is 42.7 Å². The molecule has 4 heterocycles. The molecule has 16 heteroatoms. The van der Waals surface area contributed by atoms with E-state index in [1.807, 2.05) is 42.5 Å². The maximum atomic E-state index is 13.5. The fraction of sp³-hybridized carbons (Fsp3) is 0.400. The first-order chi connectivity index (χ1) is 21.8. The van der Waals surface area contributed by atoms with E-state index in [1.165, 1.54) is 40.9 Å². The first-order valence-electron chi connectivity index (χ1n) is 14.3. The molecule has 5 rings (SSSR count). The standard InChI is InChI=1S/C28H32N4O7S.C2H2O4/c1-16-24-23(17(2)34)27(35)31(24)25(28(36)39-14-18-6-8-20(9-7-18)32(37)38)26(16)40-21-11-22(30(13-21)15-33)19-5-3-4-10-29-12-19;3-1(4)2(5)6/h3-10,12,16-17,21-24,29,33-34H,11,13-15H2,1-2H3;(H,3,4)(H,5,6)/t16?,17?,21?,22?,23?,24-;/m0./s1. The summed E-state index contributed by atoms with van der Waals surface area (Å²) in [4.78, 5) is 59.4. The van der Waals surface area contributed by atoms with Gasteiger partial charge in [0, 0.05) is 53.2 Å². The van der Waals surface area contributed by atoms with Crippen LogP contribution in [0.2, 0.25) is 0 Å². The van der Waals surface area contributed by atoms with Gasteiger partial charge < -0.3 is 35.4 Å². The van der Waals surface area contributed by atoms with Crippen molar-refractivity contribution in [1.82, 2.24) is 15.1 Å². The Hall–Kier alpha value is -4.51. The average Bonchev–Trinajstić information content (AvgIpc) is 3.38. The zero-order valence-electron chi connectivity index (χ0n) is 24.9. The Labute approximate surface area is 267 Å². The first kappa shape index (κ1) is 34.4. The zero-order valence-corrected chi connectivity index (χ0v) is 25.7. The lowest BCUT2D eigenvalue weighted by molar-refractivity contribution is -0.384. The number of ether oxygens (including phenoxy) is 1. The number of non-ortho nitro benzene ring substituents is 1. The number of hydrogen-bond donors (Lipinski definition) is 5. The smallest absolute Gasteiger partial charge is 0.414 e. The largest absolute Gasteiger partial charge is 0.473 e. The van der Waals surface area contributed by atoms with Crippen LogP contribution in [0.15, 0.2) is 71.1 Å². The van der Waals surface area contributed by atoms with Crippen LogP contribution in [0.1, 0.15) is 25.8 Å². The summed E-state index contributed by atoms with van der Waals surface area (Å²) >= 11 is 1.53. The van der Waals surface area contributed by atoms with Gasteiger partial charge in [-0.2, -0.15) is 0 Å². The summed E-state index contributed by atoms with van der Waals surface area (Å²) in [5.74, 6) is -5.39. The third-order valence-corrected chi connectivity index (χ3v) is 9.56. The minimum atomic E-state index is -1.82. The number of nitrogens with one attached hydrogen (secondary N) is 1. The number of allylic oxidation sites excluding steroid dienone is 2. The van der Waals surface area contributed by atoms with Crippen molar-refractivity contribution in [1.29, 1.82) is 0 Å². The van der Waals surface area contributed by atoms with Crippen LogP contribution in [0.5, 0.6) is 0 Å². The highest BCUT2D eigenvalue weighted by atomic mass is 32.2. The van der Waals surface area contributed by atoms with Crippen LogP contribution in [0, 0.1) is 22.0 Å². The Morgan fingerprint density at radius 1 is 1.17 bits per heavy atom. The number of nitrogens with zero attached hydrogens (tertiary/aromatic N) is 3. The Morgan fingerprint density at radius 2 is 1.85 bits per heavy atom. The molecule has 5 unspecified atom stereocenters. The molecule has 1 aromatic carbocycles. The molecule has 246 valence electrons. The third-order valence-electron chi connectivity index (χ3n) is 8.07. The van der Waals surface area contributed by atoms with Crippen molar-refractivity contribution in [2.45, 2.75) is 50.3 Å². The van der Waals surface area contributed by atoms with Crippen LogP contribution >= 0.6 is 11.8 Å². The number of carboxylic acid groups (broad SMARTS) is 2. The summed E-state index contributed by atoms with van der Waals surface area (Å²) in [6, 6.07) is 5.37. The number of likely N-dealkylation sites (tertiary alicyclic amines) is 1. The number of carbonyl (C=O) groups excluding carboxylic acids is 2. The molecular formula is C30H34N4O11S. The van der Waals surface area contributed by atoms with E-state index in [4.69, 9.17) is 24.5 Å². The van der Waals surface area contributed by atoms with Gasteiger partial charge in [-0.15, -0.1) is 11.8 Å². The molecule has 0 spiro atoms. The van der Waals surface area contributed by atoms with Crippen molar-refractivity contribution in [2.24, 2.45) is 11.8 Å². The molecule has 1 aromatic rings. The molecule has 0 saturated carbocycles. The highest BCUT2D eigenvalue weighted by Crippen LogP contribution is 2.52. The molecule has 2 fully saturated rings. The van der Waals surface area contributed by atoms with Crippen molar-refractivity contribution in [3.8, 4) is 0 Å². The van der Waals surface area contributed by atoms with E-state index in [0.29, 0.717) is 12.1 Å². The van der Waals surface area contributed by atoms with E-state index in [1.54, 1.807) is 6.92 Å². The number of aliphatic carboxylic acids is 2. The second kappa shape index (κ2) is 14.7. The van der Waals surface area contributed by atoms with E-state index in [9.17, 15) is 29.9 Å². The van der Waals surface area contributed by atoms with Gasteiger partial charge in [-0.1, -0.05) is 19.1 Å². The number of amides is 1. The molecule has 6 atom stereocenters. The van der Waals surface area contributed by atoms with Crippen LogP contribution in [-0.2, 0) is 30.5 Å². The molecule has 4 aliphatic rings. The lowest BCUT2D eigenvalue weighted by Crippen LogP contribution is -2.63. The molecule has 15 nitrogen and oxygen atoms in total. The monoisotopic (exact) mass is 658 g/mol. The molecule has 0 bridgehead atoms. The number of carbonyl (C=O) groups is 4. The molecule has 0 aliphatic carbocycles. The van der Waals surface area contributed by atoms with E-state index < -0.39 is 34.9 Å². The normalized spacial score (nSPS) is 25.7. The van der Waals surface area contributed by atoms with Crippen molar-refractivity contribution in [2.75, 3.05) is 13.3 Å². The number of rotatable bonds is 9. The van der Waals surface area contributed by atoms with Gasteiger partial charge in [0.2, 0.25) is 5.91 Å². The summed E-state index contributed by atoms with van der Waals surface area (Å²) < 4.78 is 5.60. The van der Waals surface area contributed by atoms with Gasteiger partial charge >= 0.3 is 17.9 Å². The van der Waals surface area contributed by atoms with Crippen molar-refractivity contribution in [3.63, 3.8) is 0 Å². The van der Waals surface area contributed by atoms with E-state index in [-0.39, 0.29) is 53.9 Å². The van der Waals surface area contributed by atoms with Gasteiger partial charge in [0.1, 0.15) is 12.3 Å². The Bertz CT molecular complexity index is 1490. The maximum Gasteiger partial charge on any atom is 0.414 e. The number of hydrogen-bond acceptors (Lipinski definition) is 12. The minimum Gasteiger partial charge on any atom is -0.473 e. The second-order valence-corrected chi connectivity index (χ2v) is 12.4.